The molecule has 0 bridgehead atoms. The maximum absolute atomic E-state index is 13.5. The summed E-state index contributed by atoms with van der Waals surface area (Å²) in [6, 6.07) is 13.4. The van der Waals surface area contributed by atoms with Crippen LogP contribution in [0.2, 0.25) is 0 Å². The zero-order valence-electron chi connectivity index (χ0n) is 16.3. The van der Waals surface area contributed by atoms with Crippen molar-refractivity contribution in [3.8, 4) is 0 Å². The van der Waals surface area contributed by atoms with Gasteiger partial charge in [-0.2, -0.15) is 0 Å². The van der Waals surface area contributed by atoms with Gasteiger partial charge in [0.25, 0.3) is 22.0 Å². The fraction of sp³-hybridized carbons (Fsp3) is 0.136. The first-order chi connectivity index (χ1) is 14.7. The van der Waals surface area contributed by atoms with Crippen molar-refractivity contribution in [2.45, 2.75) is 23.9 Å². The van der Waals surface area contributed by atoms with E-state index in [1.807, 2.05) is 0 Å². The van der Waals surface area contributed by atoms with Gasteiger partial charge in [-0.1, -0.05) is 48.0 Å². The molecule has 0 spiro atoms. The molecule has 1 aliphatic rings. The fourth-order valence-electron chi connectivity index (χ4n) is 3.78. The summed E-state index contributed by atoms with van der Waals surface area (Å²) < 4.78 is 41.2. The molecule has 3 aromatic carbocycles. The van der Waals surface area contributed by atoms with Crippen LogP contribution < -0.4 is 0 Å². The van der Waals surface area contributed by atoms with Gasteiger partial charge in [0.2, 0.25) is 0 Å². The lowest BCUT2D eigenvalue weighted by atomic mass is 9.87. The molecule has 1 heterocycles. The van der Waals surface area contributed by atoms with Crippen LogP contribution in [0.1, 0.15) is 39.1 Å². The Kier molecular flexibility index (Phi) is 5.06. The Balaban J connectivity index is 2.00. The number of benzene rings is 3. The predicted octanol–water partition coefficient (Wildman–Crippen LogP) is 4.04. The van der Waals surface area contributed by atoms with E-state index in [0.29, 0.717) is 4.31 Å². The van der Waals surface area contributed by atoms with E-state index in [-0.39, 0.29) is 21.6 Å². The third-order valence-electron chi connectivity index (χ3n) is 5.28. The fourth-order valence-corrected chi connectivity index (χ4v) is 5.34. The van der Waals surface area contributed by atoms with E-state index < -0.39 is 38.8 Å². The molecule has 2 atom stereocenters. The van der Waals surface area contributed by atoms with Crippen LogP contribution in [0.3, 0.4) is 0 Å². The van der Waals surface area contributed by atoms with Crippen LogP contribution in [0.15, 0.2) is 77.7 Å². The van der Waals surface area contributed by atoms with E-state index in [4.69, 9.17) is 0 Å². The summed E-state index contributed by atoms with van der Waals surface area (Å²) >= 11 is 0. The first-order valence-corrected chi connectivity index (χ1v) is 10.8. The van der Waals surface area contributed by atoms with Crippen molar-refractivity contribution in [2.24, 2.45) is 0 Å². The molecule has 9 heteroatoms. The highest BCUT2D eigenvalue weighted by atomic mass is 32.2. The maximum Gasteiger partial charge on any atom is 0.269 e. The number of halogens is 1. The van der Waals surface area contributed by atoms with Gasteiger partial charge in [0.15, 0.2) is 0 Å². The average Bonchev–Trinajstić information content (AvgIpc) is 2.74. The lowest BCUT2D eigenvalue weighted by Gasteiger charge is -2.37. The molecule has 0 aromatic heterocycles. The first-order valence-electron chi connectivity index (χ1n) is 9.35. The van der Waals surface area contributed by atoms with Gasteiger partial charge >= 0.3 is 0 Å². The molecule has 7 nitrogen and oxygen atoms in total. The zero-order valence-corrected chi connectivity index (χ0v) is 17.1. The molecule has 3 aromatic rings. The van der Waals surface area contributed by atoms with Crippen molar-refractivity contribution < 1.29 is 22.5 Å². The number of fused-ring (bicyclic) bond motifs is 1. The Hall–Kier alpha value is -3.59. The minimum absolute atomic E-state index is 0.0572. The standard InChI is InChI=1S/C22H17FN2O5S/c1-14-6-12-17(13-7-14)31(29,30)24-20(15-8-10-16(23)11-9-15)21(25(27)28)18-4-2-3-5-19(18)22(24)26/h2-13,20-21H,1H3/t20-,21+/m1/s1. The second-order valence-electron chi connectivity index (χ2n) is 7.23. The number of hydrogen-bond donors (Lipinski definition) is 0. The number of amides is 1. The van der Waals surface area contributed by atoms with Gasteiger partial charge in [-0.3, -0.25) is 14.9 Å². The molecule has 0 saturated carbocycles. The molecule has 4 rings (SSSR count). The van der Waals surface area contributed by atoms with Crippen molar-refractivity contribution in [1.82, 2.24) is 4.31 Å². The Morgan fingerprint density at radius 2 is 1.58 bits per heavy atom. The minimum atomic E-state index is -4.46. The van der Waals surface area contributed by atoms with E-state index in [9.17, 15) is 27.7 Å². The molecule has 0 radical (unpaired) electrons. The Morgan fingerprint density at radius 1 is 0.968 bits per heavy atom. The molecular weight excluding hydrogens is 423 g/mol. The van der Waals surface area contributed by atoms with Crippen molar-refractivity contribution >= 4 is 15.9 Å². The number of hydrogen-bond acceptors (Lipinski definition) is 5. The van der Waals surface area contributed by atoms with E-state index in [2.05, 4.69) is 0 Å². The lowest BCUT2D eigenvalue weighted by molar-refractivity contribution is -0.537. The molecule has 0 saturated heterocycles. The number of nitrogens with zero attached hydrogens (tertiary/aromatic N) is 2. The molecule has 0 fully saturated rings. The van der Waals surface area contributed by atoms with Crippen molar-refractivity contribution in [2.75, 3.05) is 0 Å². The van der Waals surface area contributed by atoms with Crippen LogP contribution in [-0.2, 0) is 10.0 Å². The third kappa shape index (κ3) is 3.46. The van der Waals surface area contributed by atoms with Gasteiger partial charge in [-0.05, 0) is 42.8 Å². The summed E-state index contributed by atoms with van der Waals surface area (Å²) in [5, 5.41) is 12.1. The highest BCUT2D eigenvalue weighted by Crippen LogP contribution is 2.45. The van der Waals surface area contributed by atoms with Gasteiger partial charge in [-0.25, -0.2) is 17.1 Å². The first kappa shape index (κ1) is 20.7. The van der Waals surface area contributed by atoms with Gasteiger partial charge in [0, 0.05) is 10.5 Å². The molecule has 1 aliphatic heterocycles. The van der Waals surface area contributed by atoms with Crippen LogP contribution in [0.5, 0.6) is 0 Å². The van der Waals surface area contributed by atoms with Crippen molar-refractivity contribution in [1.29, 1.82) is 0 Å². The summed E-state index contributed by atoms with van der Waals surface area (Å²) in [7, 11) is -4.46. The topological polar surface area (TPSA) is 97.6 Å². The van der Waals surface area contributed by atoms with E-state index in [1.54, 1.807) is 25.1 Å². The van der Waals surface area contributed by atoms with Crippen molar-refractivity contribution in [3.63, 3.8) is 0 Å². The zero-order chi connectivity index (χ0) is 22.3. The van der Waals surface area contributed by atoms with E-state index >= 15 is 0 Å². The number of carbonyl (C=O) groups is 1. The molecular formula is C22H17FN2O5S. The van der Waals surface area contributed by atoms with E-state index in [0.717, 1.165) is 17.7 Å². The van der Waals surface area contributed by atoms with Crippen molar-refractivity contribution in [3.05, 3.63) is 111 Å². The minimum Gasteiger partial charge on any atom is -0.268 e. The SMILES string of the molecule is Cc1ccc(S(=O)(=O)N2C(=O)c3ccccc3[C@H]([N+](=O)[O-])[C@H]2c2ccc(F)cc2)cc1. The number of sulfonamides is 1. The highest BCUT2D eigenvalue weighted by Gasteiger charge is 2.52. The highest BCUT2D eigenvalue weighted by molar-refractivity contribution is 7.89. The van der Waals surface area contributed by atoms with Gasteiger partial charge < -0.3 is 0 Å². The quantitative estimate of drug-likeness (QED) is 0.451. The molecule has 0 aliphatic carbocycles. The largest absolute Gasteiger partial charge is 0.269 e. The number of rotatable bonds is 4. The van der Waals surface area contributed by atoms with Crippen LogP contribution in [0.4, 0.5) is 4.39 Å². The summed E-state index contributed by atoms with van der Waals surface area (Å²) in [5.74, 6) is -1.46. The molecule has 158 valence electrons. The van der Waals surface area contributed by atoms with Gasteiger partial charge in [-0.15, -0.1) is 0 Å². The predicted molar refractivity (Wildman–Crippen MR) is 110 cm³/mol. The Morgan fingerprint density at radius 3 is 2.19 bits per heavy atom. The number of nitro groups is 1. The maximum atomic E-state index is 13.5. The van der Waals surface area contributed by atoms with E-state index in [1.165, 1.54) is 42.5 Å². The normalized spacial score (nSPS) is 18.5. The van der Waals surface area contributed by atoms with Crippen LogP contribution in [0, 0.1) is 22.9 Å². The molecule has 0 unspecified atom stereocenters. The van der Waals surface area contributed by atoms with Crippen LogP contribution in [-0.4, -0.2) is 23.6 Å². The summed E-state index contributed by atoms with van der Waals surface area (Å²) in [6.45, 7) is 1.78. The summed E-state index contributed by atoms with van der Waals surface area (Å²) in [5.41, 5.74) is 1.01. The van der Waals surface area contributed by atoms with Gasteiger partial charge in [0.1, 0.15) is 11.9 Å². The Labute approximate surface area is 178 Å². The number of aryl methyl sites for hydroxylation is 1. The van der Waals surface area contributed by atoms with Crippen LogP contribution in [0.25, 0.3) is 0 Å². The molecule has 0 N–H and O–H groups in total. The number of carbonyl (C=O) groups excluding carboxylic acids is 1. The second kappa shape index (κ2) is 7.59. The smallest absolute Gasteiger partial charge is 0.268 e. The monoisotopic (exact) mass is 440 g/mol. The average molecular weight is 440 g/mol. The summed E-state index contributed by atoms with van der Waals surface area (Å²) in [4.78, 5) is 24.7. The second-order valence-corrected chi connectivity index (χ2v) is 9.05. The summed E-state index contributed by atoms with van der Waals surface area (Å²) in [6.07, 6.45) is 0. The molecule has 31 heavy (non-hydrogen) atoms. The third-order valence-corrected chi connectivity index (χ3v) is 7.06. The Bertz CT molecular complexity index is 1270. The molecule has 1 amide bonds. The van der Waals surface area contributed by atoms with Crippen LogP contribution >= 0.6 is 0 Å². The van der Waals surface area contributed by atoms with Gasteiger partial charge in [0.05, 0.1) is 10.5 Å². The lowest BCUT2D eigenvalue weighted by Crippen LogP contribution is -2.47.